The normalized spacial score (nSPS) is 10.5. The van der Waals surface area contributed by atoms with Crippen LogP contribution in [-0.4, -0.2) is 33.8 Å². The third-order valence-electron chi connectivity index (χ3n) is 3.57. The van der Waals surface area contributed by atoms with Gasteiger partial charge in [-0.1, -0.05) is 0 Å². The van der Waals surface area contributed by atoms with Crippen LogP contribution in [0.4, 0.5) is 26.2 Å². The summed E-state index contributed by atoms with van der Waals surface area (Å²) in [6.07, 6.45) is 5.73. The predicted octanol–water partition coefficient (Wildman–Crippen LogP) is 2.97. The largest absolute Gasteiger partial charge is 0.342 e. The van der Waals surface area contributed by atoms with Gasteiger partial charge in [0.1, 0.15) is 0 Å². The second kappa shape index (κ2) is 7.61. The van der Waals surface area contributed by atoms with Gasteiger partial charge in [-0.3, -0.25) is 4.98 Å². The van der Waals surface area contributed by atoms with Crippen molar-refractivity contribution >= 4 is 17.5 Å². The van der Waals surface area contributed by atoms with E-state index in [0.717, 1.165) is 24.1 Å². The summed E-state index contributed by atoms with van der Waals surface area (Å²) < 4.78 is 26.3. The highest BCUT2D eigenvalue weighted by Crippen LogP contribution is 2.18. The average Bonchev–Trinajstić information content (AvgIpc) is 2.64. The van der Waals surface area contributed by atoms with E-state index in [0.29, 0.717) is 24.0 Å². The Hall–Kier alpha value is -3.16. The van der Waals surface area contributed by atoms with Gasteiger partial charge in [0.2, 0.25) is 5.95 Å². The Labute approximate surface area is 143 Å². The molecule has 0 aliphatic heterocycles. The van der Waals surface area contributed by atoms with Gasteiger partial charge in [-0.05, 0) is 36.2 Å². The summed E-state index contributed by atoms with van der Waals surface area (Å²) in [5.74, 6) is -1.00. The Morgan fingerprint density at radius 2 is 1.88 bits per heavy atom. The molecule has 2 aromatic heterocycles. The van der Waals surface area contributed by atoms with Crippen LogP contribution in [-0.2, 0) is 6.42 Å². The van der Waals surface area contributed by atoms with Crippen molar-refractivity contribution in [2.45, 2.75) is 6.42 Å². The van der Waals surface area contributed by atoms with Crippen LogP contribution >= 0.6 is 0 Å². The van der Waals surface area contributed by atoms with Crippen molar-refractivity contribution < 1.29 is 8.78 Å². The molecule has 2 heterocycles. The van der Waals surface area contributed by atoms with Crippen LogP contribution in [0.25, 0.3) is 0 Å². The van der Waals surface area contributed by atoms with Crippen LogP contribution in [0.3, 0.4) is 0 Å². The van der Waals surface area contributed by atoms with Gasteiger partial charge in [0.05, 0.1) is 6.20 Å². The lowest BCUT2D eigenvalue weighted by molar-refractivity contribution is 0.509. The summed E-state index contributed by atoms with van der Waals surface area (Å²) in [4.78, 5) is 10.2. The quantitative estimate of drug-likeness (QED) is 0.743. The fourth-order valence-electron chi connectivity index (χ4n) is 2.18. The number of nitrogens with one attached hydrogen (secondary N) is 1. The first-order valence-corrected chi connectivity index (χ1v) is 7.63. The monoisotopic (exact) mass is 342 g/mol. The van der Waals surface area contributed by atoms with Crippen molar-refractivity contribution in [2.24, 2.45) is 0 Å². The molecular weight excluding hydrogens is 326 g/mol. The maximum Gasteiger partial charge on any atom is 0.247 e. The van der Waals surface area contributed by atoms with Gasteiger partial charge in [0.25, 0.3) is 0 Å². The zero-order valence-corrected chi connectivity index (χ0v) is 13.5. The molecule has 0 saturated heterocycles. The fourth-order valence-corrected chi connectivity index (χ4v) is 2.18. The summed E-state index contributed by atoms with van der Waals surface area (Å²) in [6, 6.07) is 7.44. The van der Waals surface area contributed by atoms with E-state index < -0.39 is 11.6 Å². The van der Waals surface area contributed by atoms with Crippen molar-refractivity contribution in [2.75, 3.05) is 23.8 Å². The third kappa shape index (κ3) is 4.43. The lowest BCUT2D eigenvalue weighted by Gasteiger charge is -2.17. The van der Waals surface area contributed by atoms with Crippen LogP contribution in [0.2, 0.25) is 0 Å². The van der Waals surface area contributed by atoms with Gasteiger partial charge in [0, 0.05) is 37.7 Å². The number of nitrogens with zero attached hydrogens (tertiary/aromatic N) is 5. The highest BCUT2D eigenvalue weighted by Gasteiger charge is 2.08. The van der Waals surface area contributed by atoms with E-state index in [-0.39, 0.29) is 0 Å². The number of benzene rings is 1. The number of hydrogen-bond acceptors (Lipinski definition) is 6. The molecule has 25 heavy (non-hydrogen) atoms. The van der Waals surface area contributed by atoms with Gasteiger partial charge >= 0.3 is 0 Å². The Kier molecular flexibility index (Phi) is 5.08. The second-order valence-corrected chi connectivity index (χ2v) is 5.42. The van der Waals surface area contributed by atoms with Gasteiger partial charge in [-0.2, -0.15) is 10.1 Å². The van der Waals surface area contributed by atoms with E-state index >= 15 is 0 Å². The Morgan fingerprint density at radius 3 is 2.64 bits per heavy atom. The van der Waals surface area contributed by atoms with Gasteiger partial charge < -0.3 is 10.2 Å². The molecule has 128 valence electrons. The smallest absolute Gasteiger partial charge is 0.247 e. The van der Waals surface area contributed by atoms with Gasteiger partial charge in [-0.25, -0.2) is 8.78 Å². The maximum absolute atomic E-state index is 13.3. The minimum Gasteiger partial charge on any atom is -0.342 e. The molecule has 3 rings (SSSR count). The fraction of sp³-hybridized carbons (Fsp3) is 0.176. The number of aromatic nitrogens is 4. The van der Waals surface area contributed by atoms with E-state index in [1.54, 1.807) is 12.4 Å². The van der Waals surface area contributed by atoms with Crippen molar-refractivity contribution in [3.63, 3.8) is 0 Å². The molecule has 0 spiro atoms. The number of pyridine rings is 1. The van der Waals surface area contributed by atoms with Gasteiger partial charge in [-0.15, -0.1) is 5.10 Å². The van der Waals surface area contributed by atoms with Crippen molar-refractivity contribution in [1.29, 1.82) is 0 Å². The topological polar surface area (TPSA) is 66.8 Å². The molecular formula is C17H16F2N6. The Bertz CT molecular complexity index is 844. The first-order chi connectivity index (χ1) is 12.1. The molecule has 8 heteroatoms. The summed E-state index contributed by atoms with van der Waals surface area (Å²) >= 11 is 0. The molecule has 0 aliphatic carbocycles. The molecule has 6 nitrogen and oxygen atoms in total. The van der Waals surface area contributed by atoms with Crippen LogP contribution in [0, 0.1) is 11.6 Å². The Balaban J connectivity index is 1.66. The van der Waals surface area contributed by atoms with E-state index in [1.807, 2.05) is 24.1 Å². The molecule has 1 aromatic carbocycles. The minimum atomic E-state index is -0.929. The van der Waals surface area contributed by atoms with Crippen LogP contribution in [0.1, 0.15) is 5.56 Å². The Morgan fingerprint density at radius 1 is 1.08 bits per heavy atom. The average molecular weight is 342 g/mol. The number of halogens is 2. The lowest BCUT2D eigenvalue weighted by Crippen LogP contribution is -2.23. The number of rotatable bonds is 6. The maximum atomic E-state index is 13.3. The van der Waals surface area contributed by atoms with E-state index in [4.69, 9.17) is 0 Å². The van der Waals surface area contributed by atoms with Crippen LogP contribution in [0.15, 0.2) is 48.9 Å². The SMILES string of the molecule is CN(CCc1ccncc1)c1nncc(Nc2ccc(F)c(F)c2)n1. The van der Waals surface area contributed by atoms with Gasteiger partial charge in [0.15, 0.2) is 17.5 Å². The molecule has 3 aromatic rings. The van der Waals surface area contributed by atoms with Crippen LogP contribution in [0.5, 0.6) is 0 Å². The first kappa shape index (κ1) is 16.7. The molecule has 0 saturated carbocycles. The minimum absolute atomic E-state index is 0.379. The zero-order valence-electron chi connectivity index (χ0n) is 13.5. The molecule has 0 aliphatic rings. The number of likely N-dealkylation sites (N-methyl/N-ethyl adjacent to an activating group) is 1. The number of anilines is 3. The predicted molar refractivity (Wildman–Crippen MR) is 90.7 cm³/mol. The molecule has 0 fully saturated rings. The van der Waals surface area contributed by atoms with Crippen molar-refractivity contribution in [1.82, 2.24) is 20.2 Å². The summed E-state index contributed by atoms with van der Waals surface area (Å²) in [6.45, 7) is 0.695. The summed E-state index contributed by atoms with van der Waals surface area (Å²) in [5, 5.41) is 10.8. The molecule has 0 bridgehead atoms. The van der Waals surface area contributed by atoms with E-state index in [9.17, 15) is 8.78 Å². The first-order valence-electron chi connectivity index (χ1n) is 7.63. The van der Waals surface area contributed by atoms with Crippen LogP contribution < -0.4 is 10.2 Å². The standard InChI is InChI=1S/C17H16F2N6/c1-25(9-6-12-4-7-20-8-5-12)17-23-16(11-21-24-17)22-13-2-3-14(18)15(19)10-13/h2-5,7-8,10-11H,6,9H2,1H3,(H,22,23,24). The third-order valence-corrected chi connectivity index (χ3v) is 3.57. The molecule has 1 N–H and O–H groups in total. The summed E-state index contributed by atoms with van der Waals surface area (Å²) in [5.41, 5.74) is 1.54. The highest BCUT2D eigenvalue weighted by molar-refractivity contribution is 5.56. The highest BCUT2D eigenvalue weighted by atomic mass is 19.2. The van der Waals surface area contributed by atoms with Crippen molar-refractivity contribution in [3.8, 4) is 0 Å². The number of hydrogen-bond donors (Lipinski definition) is 1. The molecule has 0 amide bonds. The van der Waals surface area contributed by atoms with E-state index in [2.05, 4.69) is 25.5 Å². The lowest BCUT2D eigenvalue weighted by atomic mass is 10.2. The zero-order chi connectivity index (χ0) is 17.6. The molecule has 0 atom stereocenters. The van der Waals surface area contributed by atoms with Crippen molar-refractivity contribution in [3.05, 3.63) is 66.1 Å². The molecule has 0 radical (unpaired) electrons. The molecule has 0 unspecified atom stereocenters. The van der Waals surface area contributed by atoms with E-state index in [1.165, 1.54) is 12.3 Å². The second-order valence-electron chi connectivity index (χ2n) is 5.42. The summed E-state index contributed by atoms with van der Waals surface area (Å²) in [7, 11) is 1.86.